The average molecular weight is 432 g/mol. The van der Waals surface area contributed by atoms with Crippen molar-refractivity contribution in [3.8, 4) is 11.1 Å². The SMILES string of the molecule is C=C(C)S/C=C/c1ccc(-c2ccc(C3CCC(c4c(F)cccc4F)=N3)cc2)cc1. The molecule has 0 aromatic heterocycles. The van der Waals surface area contributed by atoms with Crippen LogP contribution in [0.5, 0.6) is 0 Å². The maximum Gasteiger partial charge on any atom is 0.135 e. The zero-order chi connectivity index (χ0) is 21.8. The maximum atomic E-state index is 14.1. The minimum absolute atomic E-state index is 0.0115. The molecule has 0 spiro atoms. The Morgan fingerprint density at radius 3 is 2.19 bits per heavy atom. The Hall–Kier alpha value is -2.98. The van der Waals surface area contributed by atoms with Gasteiger partial charge in [-0.05, 0) is 70.5 Å². The van der Waals surface area contributed by atoms with Crippen molar-refractivity contribution in [2.45, 2.75) is 25.8 Å². The molecule has 0 N–H and O–H groups in total. The van der Waals surface area contributed by atoms with E-state index < -0.39 is 11.6 Å². The minimum Gasteiger partial charge on any atom is -0.281 e. The summed E-state index contributed by atoms with van der Waals surface area (Å²) in [5.41, 5.74) is 4.99. The first kappa shape index (κ1) is 21.3. The summed E-state index contributed by atoms with van der Waals surface area (Å²) >= 11 is 1.61. The van der Waals surface area contributed by atoms with Crippen molar-refractivity contribution in [3.63, 3.8) is 0 Å². The summed E-state index contributed by atoms with van der Waals surface area (Å²) in [4.78, 5) is 5.69. The second-order valence-electron chi connectivity index (χ2n) is 7.59. The van der Waals surface area contributed by atoms with E-state index in [1.807, 2.05) is 12.3 Å². The molecule has 0 aliphatic carbocycles. The molecule has 0 radical (unpaired) electrons. The fourth-order valence-corrected chi connectivity index (χ4v) is 4.17. The molecule has 4 rings (SSSR count). The molecule has 1 unspecified atom stereocenters. The van der Waals surface area contributed by atoms with Gasteiger partial charge in [-0.25, -0.2) is 8.78 Å². The number of hydrogen-bond acceptors (Lipinski definition) is 2. The Morgan fingerprint density at radius 2 is 1.58 bits per heavy atom. The van der Waals surface area contributed by atoms with Crippen molar-refractivity contribution >= 4 is 23.5 Å². The van der Waals surface area contributed by atoms with E-state index in [9.17, 15) is 8.78 Å². The number of rotatable bonds is 6. The summed E-state index contributed by atoms with van der Waals surface area (Å²) in [6.07, 6.45) is 3.40. The lowest BCUT2D eigenvalue weighted by Gasteiger charge is -2.09. The Labute approximate surface area is 186 Å². The van der Waals surface area contributed by atoms with E-state index >= 15 is 0 Å². The van der Waals surface area contributed by atoms with Gasteiger partial charge in [-0.15, -0.1) is 11.8 Å². The molecule has 1 aliphatic heterocycles. The molecule has 0 bridgehead atoms. The van der Waals surface area contributed by atoms with Gasteiger partial charge >= 0.3 is 0 Å². The number of nitrogens with zero attached hydrogens (tertiary/aromatic N) is 1. The lowest BCUT2D eigenvalue weighted by atomic mass is 9.98. The van der Waals surface area contributed by atoms with Crippen molar-refractivity contribution in [2.24, 2.45) is 4.99 Å². The summed E-state index contributed by atoms with van der Waals surface area (Å²) in [5.74, 6) is -1.10. The minimum atomic E-state index is -0.550. The average Bonchev–Trinajstić information content (AvgIpc) is 3.24. The molecule has 3 aromatic rings. The topological polar surface area (TPSA) is 12.4 Å². The zero-order valence-corrected chi connectivity index (χ0v) is 18.1. The second kappa shape index (κ2) is 9.44. The summed E-state index contributed by atoms with van der Waals surface area (Å²) in [5, 5.41) is 2.04. The van der Waals surface area contributed by atoms with Crippen LogP contribution in [0.15, 0.2) is 88.6 Å². The first-order chi connectivity index (χ1) is 15.0. The summed E-state index contributed by atoms with van der Waals surface area (Å²) in [7, 11) is 0. The van der Waals surface area contributed by atoms with Crippen LogP contribution in [0.3, 0.4) is 0 Å². The van der Waals surface area contributed by atoms with Gasteiger partial charge in [0, 0.05) is 5.71 Å². The van der Waals surface area contributed by atoms with Gasteiger partial charge in [-0.1, -0.05) is 61.2 Å². The van der Waals surface area contributed by atoms with E-state index in [1.54, 1.807) is 11.8 Å². The van der Waals surface area contributed by atoms with Crippen LogP contribution in [0.4, 0.5) is 8.78 Å². The van der Waals surface area contributed by atoms with Gasteiger partial charge in [-0.3, -0.25) is 4.99 Å². The van der Waals surface area contributed by atoms with Crippen molar-refractivity contribution in [2.75, 3.05) is 0 Å². The number of benzene rings is 3. The quantitative estimate of drug-likeness (QED) is 0.383. The number of allylic oxidation sites excluding steroid dienone is 1. The van der Waals surface area contributed by atoms with Crippen molar-refractivity contribution < 1.29 is 8.78 Å². The monoisotopic (exact) mass is 431 g/mol. The third-order valence-corrected chi connectivity index (χ3v) is 5.96. The van der Waals surface area contributed by atoms with Gasteiger partial charge < -0.3 is 0 Å². The highest BCUT2D eigenvalue weighted by molar-refractivity contribution is 8.05. The van der Waals surface area contributed by atoms with Gasteiger partial charge in [0.2, 0.25) is 0 Å². The zero-order valence-electron chi connectivity index (χ0n) is 17.3. The number of aliphatic imine (C=N–C) groups is 1. The first-order valence-corrected chi connectivity index (χ1v) is 11.1. The van der Waals surface area contributed by atoms with E-state index in [2.05, 4.69) is 66.2 Å². The fourth-order valence-electron chi connectivity index (χ4n) is 3.71. The Morgan fingerprint density at radius 1 is 0.968 bits per heavy atom. The smallest absolute Gasteiger partial charge is 0.135 e. The van der Waals surface area contributed by atoms with Gasteiger partial charge in [0.05, 0.1) is 11.6 Å². The third kappa shape index (κ3) is 5.02. The highest BCUT2D eigenvalue weighted by Crippen LogP contribution is 2.33. The van der Waals surface area contributed by atoms with Gasteiger partial charge in [0.25, 0.3) is 0 Å². The second-order valence-corrected chi connectivity index (χ2v) is 8.80. The van der Waals surface area contributed by atoms with Gasteiger partial charge in [0.1, 0.15) is 11.6 Å². The van der Waals surface area contributed by atoms with E-state index in [1.165, 1.54) is 18.2 Å². The van der Waals surface area contributed by atoms with Crippen LogP contribution < -0.4 is 0 Å². The molecule has 0 amide bonds. The van der Waals surface area contributed by atoms with Crippen molar-refractivity contribution in [3.05, 3.63) is 112 Å². The van der Waals surface area contributed by atoms with Crippen molar-refractivity contribution in [1.29, 1.82) is 0 Å². The van der Waals surface area contributed by atoms with Crippen LogP contribution in [0.1, 0.15) is 42.5 Å². The molecule has 4 heteroatoms. The molecular weight excluding hydrogens is 408 g/mol. The van der Waals surface area contributed by atoms with E-state index in [-0.39, 0.29) is 11.6 Å². The lowest BCUT2D eigenvalue weighted by Crippen LogP contribution is -2.03. The van der Waals surface area contributed by atoms with Crippen LogP contribution in [0.2, 0.25) is 0 Å². The Balaban J connectivity index is 1.48. The van der Waals surface area contributed by atoms with Gasteiger partial charge in [0.15, 0.2) is 0 Å². The molecule has 156 valence electrons. The number of halogens is 2. The molecule has 0 saturated carbocycles. The van der Waals surface area contributed by atoms with E-state index in [4.69, 9.17) is 0 Å². The van der Waals surface area contributed by atoms with Crippen LogP contribution in [0.25, 0.3) is 17.2 Å². The Bertz CT molecular complexity index is 1120. The normalized spacial score (nSPS) is 16.0. The molecular formula is C27H23F2NS. The molecule has 1 aliphatic rings. The number of hydrogen-bond donors (Lipinski definition) is 0. The Kier molecular flexibility index (Phi) is 6.47. The highest BCUT2D eigenvalue weighted by Gasteiger charge is 2.24. The van der Waals surface area contributed by atoms with Crippen LogP contribution >= 0.6 is 11.8 Å². The molecule has 1 atom stereocenters. The predicted octanol–water partition coefficient (Wildman–Crippen LogP) is 8.19. The van der Waals surface area contributed by atoms with Crippen molar-refractivity contribution in [1.82, 2.24) is 0 Å². The largest absolute Gasteiger partial charge is 0.281 e. The van der Waals surface area contributed by atoms with E-state index in [0.717, 1.165) is 33.6 Å². The lowest BCUT2D eigenvalue weighted by molar-refractivity contribution is 0.578. The third-order valence-electron chi connectivity index (χ3n) is 5.29. The van der Waals surface area contributed by atoms with Gasteiger partial charge in [-0.2, -0.15) is 0 Å². The highest BCUT2D eigenvalue weighted by atomic mass is 32.2. The van der Waals surface area contributed by atoms with Crippen LogP contribution in [-0.2, 0) is 0 Å². The molecule has 0 fully saturated rings. The van der Waals surface area contributed by atoms with Crippen LogP contribution in [0, 0.1) is 11.6 Å². The molecule has 31 heavy (non-hydrogen) atoms. The standard InChI is InChI=1S/C27H23F2NS/c1-18(2)31-17-16-19-6-8-20(9-7-19)21-10-12-22(13-11-21)25-14-15-26(30-25)27-23(28)4-3-5-24(27)29/h3-13,16-17,25H,1,14-15H2,2H3/b17-16+. The predicted molar refractivity (Wildman–Crippen MR) is 128 cm³/mol. The first-order valence-electron chi connectivity index (χ1n) is 10.2. The molecule has 1 heterocycles. The van der Waals surface area contributed by atoms with Crippen LogP contribution in [-0.4, -0.2) is 5.71 Å². The molecule has 0 saturated heterocycles. The maximum absolute atomic E-state index is 14.1. The fraction of sp³-hybridized carbons (Fsp3) is 0.148. The summed E-state index contributed by atoms with van der Waals surface area (Å²) in [6.45, 7) is 5.86. The number of thioether (sulfide) groups is 1. The summed E-state index contributed by atoms with van der Waals surface area (Å²) in [6, 6.07) is 20.5. The molecule has 3 aromatic carbocycles. The van der Waals surface area contributed by atoms with E-state index in [0.29, 0.717) is 12.1 Å². The molecule has 1 nitrogen and oxygen atoms in total. The summed E-state index contributed by atoms with van der Waals surface area (Å²) < 4.78 is 28.1.